The average Bonchev–Trinajstić information content (AvgIpc) is 2.61. The summed E-state index contributed by atoms with van der Waals surface area (Å²) in [5.74, 6) is 1.79. The SMILES string of the molecule is COc1ccc(C(=O)NCCCOc2ccccc2)c(OC)c1. The minimum Gasteiger partial charge on any atom is -0.497 e. The Balaban J connectivity index is 1.78. The van der Waals surface area contributed by atoms with Crippen LogP contribution in [0.4, 0.5) is 0 Å². The predicted molar refractivity (Wildman–Crippen MR) is 88.4 cm³/mol. The largest absolute Gasteiger partial charge is 0.497 e. The monoisotopic (exact) mass is 315 g/mol. The summed E-state index contributed by atoms with van der Waals surface area (Å²) < 4.78 is 15.9. The molecule has 0 aliphatic rings. The number of benzene rings is 2. The maximum atomic E-state index is 12.2. The zero-order valence-electron chi connectivity index (χ0n) is 13.4. The van der Waals surface area contributed by atoms with Crippen molar-refractivity contribution >= 4 is 5.91 Å². The molecule has 2 aromatic rings. The third-order valence-corrected chi connectivity index (χ3v) is 3.27. The highest BCUT2D eigenvalue weighted by Crippen LogP contribution is 2.24. The molecule has 0 atom stereocenters. The summed E-state index contributed by atoms with van der Waals surface area (Å²) in [6.45, 7) is 1.07. The fraction of sp³-hybridized carbons (Fsp3) is 0.278. The molecule has 0 radical (unpaired) electrons. The lowest BCUT2D eigenvalue weighted by atomic mass is 10.1. The molecule has 0 heterocycles. The highest BCUT2D eigenvalue weighted by molar-refractivity contribution is 5.97. The van der Waals surface area contributed by atoms with Gasteiger partial charge in [-0.15, -0.1) is 0 Å². The van der Waals surface area contributed by atoms with Crippen LogP contribution in [0.3, 0.4) is 0 Å². The molecule has 0 saturated carbocycles. The summed E-state index contributed by atoms with van der Waals surface area (Å²) in [5.41, 5.74) is 0.484. The zero-order valence-corrected chi connectivity index (χ0v) is 13.4. The molecule has 5 nitrogen and oxygen atoms in total. The van der Waals surface area contributed by atoms with Gasteiger partial charge < -0.3 is 19.5 Å². The van der Waals surface area contributed by atoms with E-state index in [1.807, 2.05) is 30.3 Å². The summed E-state index contributed by atoms with van der Waals surface area (Å²) in [4.78, 5) is 12.2. The predicted octanol–water partition coefficient (Wildman–Crippen LogP) is 2.90. The fourth-order valence-electron chi connectivity index (χ4n) is 2.06. The fourth-order valence-corrected chi connectivity index (χ4v) is 2.06. The van der Waals surface area contributed by atoms with Gasteiger partial charge >= 0.3 is 0 Å². The smallest absolute Gasteiger partial charge is 0.255 e. The van der Waals surface area contributed by atoms with Crippen molar-refractivity contribution in [1.29, 1.82) is 0 Å². The van der Waals surface area contributed by atoms with E-state index in [4.69, 9.17) is 14.2 Å². The standard InChI is InChI=1S/C18H21NO4/c1-21-15-9-10-16(17(13-15)22-2)18(20)19-11-6-12-23-14-7-4-3-5-8-14/h3-5,7-10,13H,6,11-12H2,1-2H3,(H,19,20). The normalized spacial score (nSPS) is 10.0. The lowest BCUT2D eigenvalue weighted by Gasteiger charge is -2.11. The second-order valence-corrected chi connectivity index (χ2v) is 4.84. The third-order valence-electron chi connectivity index (χ3n) is 3.27. The Morgan fingerprint density at radius 2 is 1.78 bits per heavy atom. The minimum absolute atomic E-state index is 0.177. The second kappa shape index (κ2) is 8.68. The van der Waals surface area contributed by atoms with Gasteiger partial charge in [-0.1, -0.05) is 18.2 Å². The van der Waals surface area contributed by atoms with Gasteiger partial charge in [-0.25, -0.2) is 0 Å². The van der Waals surface area contributed by atoms with Gasteiger partial charge in [0.2, 0.25) is 0 Å². The van der Waals surface area contributed by atoms with Crippen LogP contribution in [-0.4, -0.2) is 33.3 Å². The highest BCUT2D eigenvalue weighted by Gasteiger charge is 2.12. The molecule has 0 aromatic heterocycles. The van der Waals surface area contributed by atoms with E-state index in [-0.39, 0.29) is 5.91 Å². The van der Waals surface area contributed by atoms with Crippen molar-refractivity contribution < 1.29 is 19.0 Å². The maximum Gasteiger partial charge on any atom is 0.255 e. The number of amides is 1. The van der Waals surface area contributed by atoms with E-state index in [1.54, 1.807) is 25.3 Å². The molecule has 1 amide bonds. The first-order valence-corrected chi connectivity index (χ1v) is 7.42. The molecule has 0 bridgehead atoms. The molecule has 2 aromatic carbocycles. The van der Waals surface area contributed by atoms with Crippen LogP contribution >= 0.6 is 0 Å². The molecule has 0 spiro atoms. The Morgan fingerprint density at radius 1 is 1.00 bits per heavy atom. The lowest BCUT2D eigenvalue weighted by Crippen LogP contribution is -2.26. The number of carbonyl (C=O) groups excluding carboxylic acids is 1. The van der Waals surface area contributed by atoms with Crippen LogP contribution in [0.25, 0.3) is 0 Å². The van der Waals surface area contributed by atoms with Crippen molar-refractivity contribution in [2.75, 3.05) is 27.4 Å². The first-order chi connectivity index (χ1) is 11.2. The molecule has 0 fully saturated rings. The molecule has 23 heavy (non-hydrogen) atoms. The van der Waals surface area contributed by atoms with E-state index in [9.17, 15) is 4.79 Å². The topological polar surface area (TPSA) is 56.8 Å². The Hall–Kier alpha value is -2.69. The molecule has 0 saturated heterocycles. The zero-order chi connectivity index (χ0) is 16.5. The van der Waals surface area contributed by atoms with Crippen molar-refractivity contribution in [3.8, 4) is 17.2 Å². The van der Waals surface area contributed by atoms with Crippen molar-refractivity contribution in [1.82, 2.24) is 5.32 Å². The van der Waals surface area contributed by atoms with E-state index in [0.29, 0.717) is 30.2 Å². The first kappa shape index (κ1) is 16.7. The Kier molecular flexibility index (Phi) is 6.29. The van der Waals surface area contributed by atoms with Gasteiger partial charge in [-0.3, -0.25) is 4.79 Å². The van der Waals surface area contributed by atoms with Gasteiger partial charge in [0.25, 0.3) is 5.91 Å². The van der Waals surface area contributed by atoms with E-state index < -0.39 is 0 Å². The number of nitrogens with one attached hydrogen (secondary N) is 1. The average molecular weight is 315 g/mol. The first-order valence-electron chi connectivity index (χ1n) is 7.42. The summed E-state index contributed by atoms with van der Waals surface area (Å²) in [6, 6.07) is 14.7. The van der Waals surface area contributed by atoms with Crippen LogP contribution in [-0.2, 0) is 0 Å². The van der Waals surface area contributed by atoms with Crippen LogP contribution in [0, 0.1) is 0 Å². The Bertz CT molecular complexity index is 628. The van der Waals surface area contributed by atoms with E-state index >= 15 is 0 Å². The van der Waals surface area contributed by atoms with E-state index in [2.05, 4.69) is 5.32 Å². The Labute approximate surface area is 136 Å². The van der Waals surface area contributed by atoms with Gasteiger partial charge in [0.15, 0.2) is 0 Å². The molecule has 5 heteroatoms. The summed E-state index contributed by atoms with van der Waals surface area (Å²) in [7, 11) is 3.10. The quantitative estimate of drug-likeness (QED) is 0.761. The van der Waals surface area contributed by atoms with Crippen molar-refractivity contribution in [2.45, 2.75) is 6.42 Å². The molecule has 1 N–H and O–H groups in total. The second-order valence-electron chi connectivity index (χ2n) is 4.84. The van der Waals surface area contributed by atoms with E-state index in [1.165, 1.54) is 7.11 Å². The number of ether oxygens (including phenoxy) is 3. The molecule has 122 valence electrons. The highest BCUT2D eigenvalue weighted by atomic mass is 16.5. The number of methoxy groups -OCH3 is 2. The molecular weight excluding hydrogens is 294 g/mol. The minimum atomic E-state index is -0.177. The number of hydrogen-bond acceptors (Lipinski definition) is 4. The molecule has 2 rings (SSSR count). The maximum absolute atomic E-state index is 12.2. The van der Waals surface area contributed by atoms with Crippen molar-refractivity contribution in [3.63, 3.8) is 0 Å². The van der Waals surface area contributed by atoms with Crippen molar-refractivity contribution in [3.05, 3.63) is 54.1 Å². The molecule has 0 aliphatic heterocycles. The summed E-state index contributed by atoms with van der Waals surface area (Å²) in [6.07, 6.45) is 0.721. The van der Waals surface area contributed by atoms with Crippen LogP contribution in [0.5, 0.6) is 17.2 Å². The van der Waals surface area contributed by atoms with Gasteiger partial charge in [-0.05, 0) is 30.7 Å². The van der Waals surface area contributed by atoms with Crippen molar-refractivity contribution in [2.24, 2.45) is 0 Å². The van der Waals surface area contributed by atoms with E-state index in [0.717, 1.165) is 12.2 Å². The molecule has 0 aliphatic carbocycles. The van der Waals surface area contributed by atoms with Crippen LogP contribution in [0.2, 0.25) is 0 Å². The van der Waals surface area contributed by atoms with Crippen LogP contribution in [0.15, 0.2) is 48.5 Å². The van der Waals surface area contributed by atoms with Gasteiger partial charge in [-0.2, -0.15) is 0 Å². The lowest BCUT2D eigenvalue weighted by molar-refractivity contribution is 0.0948. The summed E-state index contributed by atoms with van der Waals surface area (Å²) in [5, 5.41) is 2.86. The number of carbonyl (C=O) groups is 1. The number of hydrogen-bond donors (Lipinski definition) is 1. The van der Waals surface area contributed by atoms with Gasteiger partial charge in [0.1, 0.15) is 17.2 Å². The summed E-state index contributed by atoms with van der Waals surface area (Å²) >= 11 is 0. The van der Waals surface area contributed by atoms with Gasteiger partial charge in [0.05, 0.1) is 26.4 Å². The number of rotatable bonds is 8. The van der Waals surface area contributed by atoms with Crippen LogP contribution < -0.4 is 19.5 Å². The molecule has 0 unspecified atom stereocenters. The third kappa shape index (κ3) is 4.92. The Morgan fingerprint density at radius 3 is 2.48 bits per heavy atom. The number of para-hydroxylation sites is 1. The van der Waals surface area contributed by atoms with Gasteiger partial charge in [0, 0.05) is 12.6 Å². The van der Waals surface area contributed by atoms with Crippen LogP contribution in [0.1, 0.15) is 16.8 Å². The molecular formula is C18H21NO4.